The Kier molecular flexibility index (Phi) is 4.92. The lowest BCUT2D eigenvalue weighted by atomic mass is 10.2. The summed E-state index contributed by atoms with van der Waals surface area (Å²) in [6.07, 6.45) is 6.96. The van der Waals surface area contributed by atoms with Gasteiger partial charge in [-0.15, -0.1) is 0 Å². The van der Waals surface area contributed by atoms with Crippen molar-refractivity contribution >= 4 is 5.82 Å². The number of hydrogen-bond acceptors (Lipinski definition) is 5. The van der Waals surface area contributed by atoms with Crippen molar-refractivity contribution < 1.29 is 4.74 Å². The van der Waals surface area contributed by atoms with Gasteiger partial charge in [-0.25, -0.2) is 9.97 Å². The first-order chi connectivity index (χ1) is 9.78. The summed E-state index contributed by atoms with van der Waals surface area (Å²) in [6.45, 7) is 7.92. The minimum absolute atomic E-state index is 0.592. The second-order valence-electron chi connectivity index (χ2n) is 4.43. The summed E-state index contributed by atoms with van der Waals surface area (Å²) < 4.78 is 7.71. The first-order valence-corrected chi connectivity index (χ1v) is 7.06. The maximum Gasteiger partial charge on any atom is 0.227 e. The van der Waals surface area contributed by atoms with Gasteiger partial charge in [-0.05, 0) is 19.8 Å². The second kappa shape index (κ2) is 6.88. The summed E-state index contributed by atoms with van der Waals surface area (Å²) in [6, 6.07) is 0. The number of nitrogens with zero attached hydrogens (tertiary/aromatic N) is 4. The predicted octanol–water partition coefficient (Wildman–Crippen LogP) is 2.87. The molecule has 2 aromatic rings. The molecule has 0 aromatic carbocycles. The van der Waals surface area contributed by atoms with Crippen molar-refractivity contribution in [2.24, 2.45) is 0 Å². The highest BCUT2D eigenvalue weighted by Crippen LogP contribution is 2.27. The molecule has 0 radical (unpaired) electrons. The number of aromatic nitrogens is 4. The van der Waals surface area contributed by atoms with E-state index in [1.807, 2.05) is 17.8 Å². The normalized spacial score (nSPS) is 10.6. The van der Waals surface area contributed by atoms with E-state index in [1.165, 1.54) is 6.33 Å². The van der Waals surface area contributed by atoms with Gasteiger partial charge in [-0.1, -0.05) is 13.8 Å². The molecule has 0 atom stereocenters. The van der Waals surface area contributed by atoms with Crippen LogP contribution in [0.25, 0.3) is 0 Å². The summed E-state index contributed by atoms with van der Waals surface area (Å²) in [7, 11) is 0. The highest BCUT2D eigenvalue weighted by atomic mass is 16.5. The van der Waals surface area contributed by atoms with E-state index in [0.717, 1.165) is 37.3 Å². The molecule has 2 rings (SSSR count). The standard InChI is InChI=1S/C14H21N5O/c1-4-7-19-9-11(8-18-19)20-14-12(5-2)13(15-6-3)16-10-17-14/h8-10H,4-7H2,1-3H3,(H,15,16,17). The van der Waals surface area contributed by atoms with E-state index in [2.05, 4.69) is 34.2 Å². The van der Waals surface area contributed by atoms with Gasteiger partial charge < -0.3 is 10.1 Å². The van der Waals surface area contributed by atoms with Crippen molar-refractivity contribution in [2.45, 2.75) is 40.2 Å². The summed E-state index contributed by atoms with van der Waals surface area (Å²) in [5.41, 5.74) is 0.984. The quantitative estimate of drug-likeness (QED) is 0.841. The largest absolute Gasteiger partial charge is 0.435 e. The minimum atomic E-state index is 0.592. The van der Waals surface area contributed by atoms with Gasteiger partial charge in [0.25, 0.3) is 0 Å². The van der Waals surface area contributed by atoms with Gasteiger partial charge in [0, 0.05) is 13.1 Å². The number of ether oxygens (including phenoxy) is 1. The Labute approximate surface area is 119 Å². The molecule has 6 heteroatoms. The number of rotatable bonds is 7. The fourth-order valence-electron chi connectivity index (χ4n) is 1.98. The molecule has 2 heterocycles. The van der Waals surface area contributed by atoms with Crippen molar-refractivity contribution in [2.75, 3.05) is 11.9 Å². The molecule has 0 aliphatic rings. The van der Waals surface area contributed by atoms with Crippen LogP contribution in [0.15, 0.2) is 18.7 Å². The molecule has 1 N–H and O–H groups in total. The fourth-order valence-corrected chi connectivity index (χ4v) is 1.98. The Morgan fingerprint density at radius 1 is 1.25 bits per heavy atom. The molecule has 20 heavy (non-hydrogen) atoms. The van der Waals surface area contributed by atoms with Crippen LogP contribution in [-0.4, -0.2) is 26.3 Å². The zero-order chi connectivity index (χ0) is 14.4. The van der Waals surface area contributed by atoms with Crippen LogP contribution in [0.5, 0.6) is 11.6 Å². The Balaban J connectivity index is 2.21. The van der Waals surface area contributed by atoms with Crippen LogP contribution < -0.4 is 10.1 Å². The third-order valence-corrected chi connectivity index (χ3v) is 2.88. The Hall–Kier alpha value is -2.11. The van der Waals surface area contributed by atoms with Crippen LogP contribution >= 0.6 is 0 Å². The molecule has 0 fully saturated rings. The maximum absolute atomic E-state index is 5.84. The lowest BCUT2D eigenvalue weighted by molar-refractivity contribution is 0.454. The number of anilines is 1. The number of nitrogens with one attached hydrogen (secondary N) is 1. The van der Waals surface area contributed by atoms with E-state index >= 15 is 0 Å². The molecule has 0 amide bonds. The SMILES string of the molecule is CCCn1cc(Oc2ncnc(NCC)c2CC)cn1. The van der Waals surface area contributed by atoms with E-state index in [4.69, 9.17) is 4.74 Å². The topological polar surface area (TPSA) is 64.9 Å². The Morgan fingerprint density at radius 3 is 2.80 bits per heavy atom. The zero-order valence-corrected chi connectivity index (χ0v) is 12.3. The smallest absolute Gasteiger partial charge is 0.227 e. The fraction of sp³-hybridized carbons (Fsp3) is 0.500. The molecular formula is C14H21N5O. The van der Waals surface area contributed by atoms with Crippen molar-refractivity contribution in [3.63, 3.8) is 0 Å². The van der Waals surface area contributed by atoms with Crippen molar-refractivity contribution in [3.05, 3.63) is 24.3 Å². The van der Waals surface area contributed by atoms with Gasteiger partial charge >= 0.3 is 0 Å². The summed E-state index contributed by atoms with van der Waals surface area (Å²) in [5.74, 6) is 2.13. The van der Waals surface area contributed by atoms with Gasteiger partial charge in [0.1, 0.15) is 12.1 Å². The molecule has 108 valence electrons. The summed E-state index contributed by atoms with van der Waals surface area (Å²) in [5, 5.41) is 7.48. The van der Waals surface area contributed by atoms with Crippen molar-refractivity contribution in [1.82, 2.24) is 19.7 Å². The van der Waals surface area contributed by atoms with Crippen LogP contribution in [-0.2, 0) is 13.0 Å². The van der Waals surface area contributed by atoms with Gasteiger partial charge in [0.15, 0.2) is 5.75 Å². The average molecular weight is 275 g/mol. The van der Waals surface area contributed by atoms with Gasteiger partial charge in [-0.2, -0.15) is 5.10 Å². The highest BCUT2D eigenvalue weighted by Gasteiger charge is 2.12. The van der Waals surface area contributed by atoms with Gasteiger partial charge in [-0.3, -0.25) is 4.68 Å². The molecule has 0 bridgehead atoms. The van der Waals surface area contributed by atoms with Crippen LogP contribution in [0.1, 0.15) is 32.8 Å². The molecule has 0 unspecified atom stereocenters. The first kappa shape index (κ1) is 14.3. The second-order valence-corrected chi connectivity index (χ2v) is 4.43. The highest BCUT2D eigenvalue weighted by molar-refractivity contribution is 5.49. The Bertz CT molecular complexity index is 552. The van der Waals surface area contributed by atoms with Crippen LogP contribution in [0.2, 0.25) is 0 Å². The van der Waals surface area contributed by atoms with E-state index < -0.39 is 0 Å². The maximum atomic E-state index is 5.84. The summed E-state index contributed by atoms with van der Waals surface area (Å²) in [4.78, 5) is 8.49. The summed E-state index contributed by atoms with van der Waals surface area (Å²) >= 11 is 0. The zero-order valence-electron chi connectivity index (χ0n) is 12.3. The molecule has 2 aromatic heterocycles. The predicted molar refractivity (Wildman–Crippen MR) is 78.2 cm³/mol. The van der Waals surface area contributed by atoms with Crippen LogP contribution in [0, 0.1) is 0 Å². The lowest BCUT2D eigenvalue weighted by Crippen LogP contribution is -2.05. The minimum Gasteiger partial charge on any atom is -0.435 e. The first-order valence-electron chi connectivity index (χ1n) is 7.06. The average Bonchev–Trinajstić information content (AvgIpc) is 2.87. The lowest BCUT2D eigenvalue weighted by Gasteiger charge is -2.11. The van der Waals surface area contributed by atoms with E-state index in [9.17, 15) is 0 Å². The number of hydrogen-bond donors (Lipinski definition) is 1. The molecule has 0 saturated heterocycles. The molecule has 0 saturated carbocycles. The molecular weight excluding hydrogens is 254 g/mol. The molecule has 0 aliphatic carbocycles. The molecule has 0 spiro atoms. The third-order valence-electron chi connectivity index (χ3n) is 2.88. The monoisotopic (exact) mass is 275 g/mol. The van der Waals surface area contributed by atoms with Crippen LogP contribution in [0.4, 0.5) is 5.82 Å². The van der Waals surface area contributed by atoms with E-state index in [1.54, 1.807) is 6.20 Å². The molecule has 6 nitrogen and oxygen atoms in total. The molecule has 0 aliphatic heterocycles. The Morgan fingerprint density at radius 2 is 2.10 bits per heavy atom. The van der Waals surface area contributed by atoms with Gasteiger partial charge in [0.2, 0.25) is 5.88 Å². The van der Waals surface area contributed by atoms with Gasteiger partial charge in [0.05, 0.1) is 18.0 Å². The van der Waals surface area contributed by atoms with Crippen molar-refractivity contribution in [3.8, 4) is 11.6 Å². The van der Waals surface area contributed by atoms with E-state index in [0.29, 0.717) is 11.6 Å². The van der Waals surface area contributed by atoms with Crippen LogP contribution in [0.3, 0.4) is 0 Å². The number of aryl methyl sites for hydroxylation is 1. The van der Waals surface area contributed by atoms with Crippen molar-refractivity contribution in [1.29, 1.82) is 0 Å². The van der Waals surface area contributed by atoms with E-state index in [-0.39, 0.29) is 0 Å². The third kappa shape index (κ3) is 3.26.